The standard InChI is InChI=1S/C21H40N6O2.HI/c1-7-28-12-9-11-22-20(24-15-18-26-25-16(2)27(18)6)23-14-17-10-8-13-29-19(17)21(3,4)5;/h17,19H,7-15H2,1-6H3,(H2,22,23,24);1H. The molecule has 1 aliphatic heterocycles. The largest absolute Gasteiger partial charge is 0.382 e. The molecule has 1 saturated heterocycles. The third-order valence-electron chi connectivity index (χ3n) is 5.35. The fourth-order valence-electron chi connectivity index (χ4n) is 3.68. The summed E-state index contributed by atoms with van der Waals surface area (Å²) in [6.07, 6.45) is 3.49. The first kappa shape index (κ1) is 27.1. The molecule has 0 bridgehead atoms. The first-order chi connectivity index (χ1) is 13.8. The van der Waals surface area contributed by atoms with E-state index in [2.05, 4.69) is 41.6 Å². The van der Waals surface area contributed by atoms with E-state index in [0.717, 1.165) is 63.4 Å². The van der Waals surface area contributed by atoms with Crippen molar-refractivity contribution in [2.45, 2.75) is 66.5 Å². The lowest BCUT2D eigenvalue weighted by Gasteiger charge is -2.40. The zero-order chi connectivity index (χ0) is 21.3. The average Bonchev–Trinajstić information content (AvgIpc) is 3.01. The van der Waals surface area contributed by atoms with Crippen molar-refractivity contribution in [3.63, 3.8) is 0 Å². The Morgan fingerprint density at radius 1 is 1.30 bits per heavy atom. The van der Waals surface area contributed by atoms with Gasteiger partial charge in [0, 0.05) is 45.9 Å². The minimum atomic E-state index is 0. The minimum absolute atomic E-state index is 0. The summed E-state index contributed by atoms with van der Waals surface area (Å²) in [7, 11) is 1.97. The first-order valence-corrected chi connectivity index (χ1v) is 10.9. The Bertz CT molecular complexity index is 644. The van der Waals surface area contributed by atoms with Crippen LogP contribution in [0.4, 0.5) is 0 Å². The lowest BCUT2D eigenvalue weighted by Crippen LogP contribution is -2.47. The van der Waals surface area contributed by atoms with E-state index < -0.39 is 0 Å². The second-order valence-corrected chi connectivity index (χ2v) is 8.81. The number of nitrogens with zero attached hydrogens (tertiary/aromatic N) is 4. The smallest absolute Gasteiger partial charge is 0.191 e. The van der Waals surface area contributed by atoms with E-state index in [0.29, 0.717) is 12.5 Å². The third kappa shape index (κ3) is 8.66. The van der Waals surface area contributed by atoms with Crippen LogP contribution in [0.5, 0.6) is 0 Å². The van der Waals surface area contributed by atoms with Crippen LogP contribution in [0.3, 0.4) is 0 Å². The number of hydrogen-bond donors (Lipinski definition) is 2. The van der Waals surface area contributed by atoms with Crippen molar-refractivity contribution in [2.24, 2.45) is 23.4 Å². The van der Waals surface area contributed by atoms with Crippen LogP contribution in [0.15, 0.2) is 4.99 Å². The predicted octanol–water partition coefficient (Wildman–Crippen LogP) is 3.04. The molecule has 1 aliphatic rings. The van der Waals surface area contributed by atoms with Crippen LogP contribution >= 0.6 is 24.0 Å². The molecule has 8 nitrogen and oxygen atoms in total. The Morgan fingerprint density at radius 2 is 2.07 bits per heavy atom. The lowest BCUT2D eigenvalue weighted by atomic mass is 9.78. The van der Waals surface area contributed by atoms with E-state index in [9.17, 15) is 0 Å². The fraction of sp³-hybridized carbons (Fsp3) is 0.857. The normalized spacial score (nSPS) is 20.0. The molecule has 0 saturated carbocycles. The highest BCUT2D eigenvalue weighted by Gasteiger charge is 2.35. The number of aliphatic imine (C=N–C) groups is 1. The van der Waals surface area contributed by atoms with Crippen molar-refractivity contribution in [1.82, 2.24) is 25.4 Å². The van der Waals surface area contributed by atoms with Gasteiger partial charge in [-0.2, -0.15) is 0 Å². The van der Waals surface area contributed by atoms with Crippen molar-refractivity contribution >= 4 is 29.9 Å². The Labute approximate surface area is 199 Å². The van der Waals surface area contributed by atoms with Crippen LogP contribution in [0.1, 0.15) is 58.6 Å². The van der Waals surface area contributed by atoms with E-state index in [4.69, 9.17) is 14.5 Å². The van der Waals surface area contributed by atoms with Gasteiger partial charge in [0.15, 0.2) is 11.8 Å². The molecule has 0 radical (unpaired) electrons. The summed E-state index contributed by atoms with van der Waals surface area (Å²) in [6, 6.07) is 0. The van der Waals surface area contributed by atoms with Gasteiger partial charge in [0.25, 0.3) is 0 Å². The summed E-state index contributed by atoms with van der Waals surface area (Å²) < 4.78 is 13.5. The van der Waals surface area contributed by atoms with Crippen molar-refractivity contribution in [1.29, 1.82) is 0 Å². The monoisotopic (exact) mass is 536 g/mol. The highest BCUT2D eigenvalue weighted by molar-refractivity contribution is 14.0. The average molecular weight is 537 g/mol. The third-order valence-corrected chi connectivity index (χ3v) is 5.35. The second kappa shape index (κ2) is 13.5. The maximum absolute atomic E-state index is 6.12. The van der Waals surface area contributed by atoms with Gasteiger partial charge in [-0.05, 0) is 38.5 Å². The quantitative estimate of drug-likeness (QED) is 0.219. The van der Waals surface area contributed by atoms with Gasteiger partial charge in [0.1, 0.15) is 12.4 Å². The van der Waals surface area contributed by atoms with Gasteiger partial charge in [-0.25, -0.2) is 4.99 Å². The van der Waals surface area contributed by atoms with Crippen molar-refractivity contribution < 1.29 is 9.47 Å². The van der Waals surface area contributed by atoms with Crippen LogP contribution in [-0.2, 0) is 23.1 Å². The predicted molar refractivity (Wildman–Crippen MR) is 131 cm³/mol. The number of rotatable bonds is 9. The summed E-state index contributed by atoms with van der Waals surface area (Å²) in [5.41, 5.74) is 0.130. The van der Waals surface area contributed by atoms with Crippen molar-refractivity contribution in [3.8, 4) is 0 Å². The number of aromatic nitrogens is 3. The number of aryl methyl sites for hydroxylation is 1. The molecule has 0 aromatic carbocycles. The summed E-state index contributed by atoms with van der Waals surface area (Å²) in [5, 5.41) is 15.3. The molecule has 9 heteroatoms. The van der Waals surface area contributed by atoms with Gasteiger partial charge in [0.05, 0.1) is 6.10 Å². The number of ether oxygens (including phenoxy) is 2. The van der Waals surface area contributed by atoms with Crippen LogP contribution in [0.2, 0.25) is 0 Å². The Kier molecular flexibility index (Phi) is 12.2. The number of halogens is 1. The molecule has 2 unspecified atom stereocenters. The first-order valence-electron chi connectivity index (χ1n) is 10.9. The molecule has 1 aromatic heterocycles. The van der Waals surface area contributed by atoms with E-state index in [1.807, 2.05) is 25.5 Å². The second-order valence-electron chi connectivity index (χ2n) is 8.81. The molecule has 0 spiro atoms. The highest BCUT2D eigenvalue weighted by atomic mass is 127. The van der Waals surface area contributed by atoms with Gasteiger partial charge >= 0.3 is 0 Å². The van der Waals surface area contributed by atoms with Gasteiger partial charge < -0.3 is 24.7 Å². The topological polar surface area (TPSA) is 85.6 Å². The summed E-state index contributed by atoms with van der Waals surface area (Å²) in [5.74, 6) is 3.02. The molecular formula is C21H41IN6O2. The van der Waals surface area contributed by atoms with Gasteiger partial charge in [-0.15, -0.1) is 34.2 Å². The summed E-state index contributed by atoms with van der Waals surface area (Å²) in [4.78, 5) is 4.75. The van der Waals surface area contributed by atoms with Gasteiger partial charge in [0.2, 0.25) is 0 Å². The van der Waals surface area contributed by atoms with Crippen LogP contribution < -0.4 is 10.6 Å². The molecule has 1 aromatic rings. The SMILES string of the molecule is CCOCCCNC(=NCc1nnc(C)n1C)NCC1CCCOC1C(C)(C)C.I. The molecule has 0 amide bonds. The van der Waals surface area contributed by atoms with Gasteiger partial charge in [-0.3, -0.25) is 0 Å². The molecular weight excluding hydrogens is 495 g/mol. The van der Waals surface area contributed by atoms with Crippen molar-refractivity contribution in [2.75, 3.05) is 32.9 Å². The molecule has 2 N–H and O–H groups in total. The van der Waals surface area contributed by atoms with Crippen LogP contribution in [-0.4, -0.2) is 59.7 Å². The highest BCUT2D eigenvalue weighted by Crippen LogP contribution is 2.33. The van der Waals surface area contributed by atoms with E-state index in [1.54, 1.807) is 0 Å². The zero-order valence-corrected chi connectivity index (χ0v) is 21.9. The maximum Gasteiger partial charge on any atom is 0.191 e. The van der Waals surface area contributed by atoms with E-state index in [1.165, 1.54) is 6.42 Å². The summed E-state index contributed by atoms with van der Waals surface area (Å²) >= 11 is 0. The van der Waals surface area contributed by atoms with Crippen LogP contribution in [0.25, 0.3) is 0 Å². The summed E-state index contributed by atoms with van der Waals surface area (Å²) in [6.45, 7) is 15.2. The Balaban J connectivity index is 0.00000450. The van der Waals surface area contributed by atoms with E-state index in [-0.39, 0.29) is 35.5 Å². The molecule has 2 heterocycles. The minimum Gasteiger partial charge on any atom is -0.382 e. The van der Waals surface area contributed by atoms with Crippen LogP contribution in [0, 0.1) is 18.3 Å². The van der Waals surface area contributed by atoms with Gasteiger partial charge in [-0.1, -0.05) is 20.8 Å². The Morgan fingerprint density at radius 3 is 2.70 bits per heavy atom. The number of nitrogens with one attached hydrogen (secondary N) is 2. The zero-order valence-electron chi connectivity index (χ0n) is 19.5. The molecule has 30 heavy (non-hydrogen) atoms. The lowest BCUT2D eigenvalue weighted by molar-refractivity contribution is -0.0835. The molecule has 174 valence electrons. The number of guanidine groups is 1. The van der Waals surface area contributed by atoms with E-state index >= 15 is 0 Å². The molecule has 2 atom stereocenters. The van der Waals surface area contributed by atoms with Crippen molar-refractivity contribution in [3.05, 3.63) is 11.6 Å². The Hall–Kier alpha value is -0.940. The molecule has 1 fully saturated rings. The maximum atomic E-state index is 6.12. The molecule has 2 rings (SSSR count). The molecule has 0 aliphatic carbocycles. The number of hydrogen-bond acceptors (Lipinski definition) is 5. The fourth-order valence-corrected chi connectivity index (χ4v) is 3.68.